The first kappa shape index (κ1) is 12.2. The fraction of sp³-hybridized carbons (Fsp3) is 0.500. The zero-order valence-electron chi connectivity index (χ0n) is 9.17. The molecule has 1 aliphatic heterocycles. The van der Waals surface area contributed by atoms with Crippen molar-refractivity contribution < 1.29 is 4.74 Å². The van der Waals surface area contributed by atoms with Crippen molar-refractivity contribution in [1.29, 1.82) is 0 Å². The normalized spacial score (nSPS) is 27.0. The largest absolute Gasteiger partial charge is 0.373 e. The fourth-order valence-corrected chi connectivity index (χ4v) is 2.65. The summed E-state index contributed by atoms with van der Waals surface area (Å²) in [5.41, 5.74) is 6.82. The van der Waals surface area contributed by atoms with Gasteiger partial charge in [-0.1, -0.05) is 29.3 Å². The van der Waals surface area contributed by atoms with Gasteiger partial charge >= 0.3 is 0 Å². The average Bonchev–Trinajstić information content (AvgIpc) is 2.66. The van der Waals surface area contributed by atoms with Crippen LogP contribution in [0.2, 0.25) is 10.0 Å². The Morgan fingerprint density at radius 1 is 1.44 bits per heavy atom. The van der Waals surface area contributed by atoms with Crippen LogP contribution in [-0.2, 0) is 4.74 Å². The third-order valence-electron chi connectivity index (χ3n) is 3.20. The van der Waals surface area contributed by atoms with Crippen LogP contribution in [0.25, 0.3) is 0 Å². The minimum Gasteiger partial charge on any atom is -0.373 e. The molecule has 0 radical (unpaired) electrons. The molecule has 1 aliphatic rings. The van der Waals surface area contributed by atoms with E-state index in [4.69, 9.17) is 33.7 Å². The molecule has 0 aliphatic carbocycles. The van der Waals surface area contributed by atoms with Gasteiger partial charge in [0.05, 0.1) is 11.6 Å². The molecule has 0 spiro atoms. The Morgan fingerprint density at radius 3 is 2.75 bits per heavy atom. The lowest BCUT2D eigenvalue weighted by Crippen LogP contribution is -2.37. The number of benzene rings is 1. The van der Waals surface area contributed by atoms with Gasteiger partial charge in [0.2, 0.25) is 0 Å². The van der Waals surface area contributed by atoms with E-state index in [1.807, 2.05) is 13.0 Å². The summed E-state index contributed by atoms with van der Waals surface area (Å²) in [6, 6.07) is 5.19. The van der Waals surface area contributed by atoms with Gasteiger partial charge in [0.1, 0.15) is 0 Å². The molecule has 1 heterocycles. The molecule has 2 rings (SSSR count). The zero-order chi connectivity index (χ0) is 11.8. The molecule has 2 atom stereocenters. The van der Waals surface area contributed by atoms with Crippen LogP contribution in [0.15, 0.2) is 18.2 Å². The highest BCUT2D eigenvalue weighted by molar-refractivity contribution is 6.35. The zero-order valence-corrected chi connectivity index (χ0v) is 10.7. The Hall–Kier alpha value is -0.280. The van der Waals surface area contributed by atoms with E-state index in [0.29, 0.717) is 10.0 Å². The molecule has 0 amide bonds. The van der Waals surface area contributed by atoms with Crippen molar-refractivity contribution in [2.45, 2.75) is 31.4 Å². The molecule has 2 N–H and O–H groups in total. The molecular weight excluding hydrogens is 245 g/mol. The lowest BCUT2D eigenvalue weighted by atomic mass is 9.88. The number of nitrogens with two attached hydrogens (primary N) is 1. The summed E-state index contributed by atoms with van der Waals surface area (Å²) in [5.74, 6) is 0. The summed E-state index contributed by atoms with van der Waals surface area (Å²) in [6.45, 7) is 2.81. The van der Waals surface area contributed by atoms with E-state index >= 15 is 0 Å². The summed E-state index contributed by atoms with van der Waals surface area (Å²) in [4.78, 5) is 0. The molecule has 0 saturated carbocycles. The van der Waals surface area contributed by atoms with Gasteiger partial charge < -0.3 is 10.5 Å². The minimum atomic E-state index is -0.308. The summed E-state index contributed by atoms with van der Waals surface area (Å²) >= 11 is 12.0. The van der Waals surface area contributed by atoms with Gasteiger partial charge in [-0.25, -0.2) is 0 Å². The van der Waals surface area contributed by atoms with Gasteiger partial charge in [-0.2, -0.15) is 0 Å². The van der Waals surface area contributed by atoms with E-state index in [0.717, 1.165) is 25.0 Å². The Balaban J connectivity index is 2.29. The standard InChI is InChI=1S/C12H15Cl2NO/c1-12(5-2-6-16-12)11(15)9-4-3-8(13)7-10(9)14/h3-4,7,11H,2,5-6,15H2,1H3. The molecule has 2 nitrogen and oxygen atoms in total. The van der Waals surface area contributed by atoms with E-state index in [2.05, 4.69) is 0 Å². The highest BCUT2D eigenvalue weighted by Crippen LogP contribution is 2.38. The third kappa shape index (κ3) is 2.21. The maximum Gasteiger partial charge on any atom is 0.0847 e. The fourth-order valence-electron chi connectivity index (χ4n) is 2.13. The van der Waals surface area contributed by atoms with Crippen LogP contribution in [0.4, 0.5) is 0 Å². The molecule has 16 heavy (non-hydrogen) atoms. The number of rotatable bonds is 2. The maximum absolute atomic E-state index is 6.23. The Labute approximate surface area is 106 Å². The molecule has 0 bridgehead atoms. The minimum absolute atomic E-state index is 0.209. The van der Waals surface area contributed by atoms with E-state index in [1.54, 1.807) is 12.1 Å². The van der Waals surface area contributed by atoms with Crippen molar-refractivity contribution >= 4 is 23.2 Å². The molecule has 4 heteroatoms. The molecule has 1 saturated heterocycles. The van der Waals surface area contributed by atoms with Crippen LogP contribution in [-0.4, -0.2) is 12.2 Å². The molecule has 88 valence electrons. The second-order valence-electron chi connectivity index (χ2n) is 4.41. The van der Waals surface area contributed by atoms with Crippen LogP contribution in [0.3, 0.4) is 0 Å². The third-order valence-corrected chi connectivity index (χ3v) is 3.77. The van der Waals surface area contributed by atoms with Gasteiger partial charge in [-0.05, 0) is 37.5 Å². The van der Waals surface area contributed by atoms with Crippen LogP contribution < -0.4 is 5.73 Å². The van der Waals surface area contributed by atoms with Crippen molar-refractivity contribution in [3.63, 3.8) is 0 Å². The smallest absolute Gasteiger partial charge is 0.0847 e. The topological polar surface area (TPSA) is 35.2 Å². The Kier molecular flexibility index (Phi) is 3.45. The molecule has 1 fully saturated rings. The summed E-state index contributed by atoms with van der Waals surface area (Å²) in [7, 11) is 0. The van der Waals surface area contributed by atoms with Crippen LogP contribution in [0, 0.1) is 0 Å². The van der Waals surface area contributed by atoms with Crippen molar-refractivity contribution in [2.24, 2.45) is 5.73 Å². The number of ether oxygens (including phenoxy) is 1. The van der Waals surface area contributed by atoms with Crippen molar-refractivity contribution in [2.75, 3.05) is 6.61 Å². The second-order valence-corrected chi connectivity index (χ2v) is 5.25. The lowest BCUT2D eigenvalue weighted by Gasteiger charge is -2.31. The molecular formula is C12H15Cl2NO. The SMILES string of the molecule is CC1(C(N)c2ccc(Cl)cc2Cl)CCCO1. The number of hydrogen-bond donors (Lipinski definition) is 1. The van der Waals surface area contributed by atoms with Crippen LogP contribution in [0.1, 0.15) is 31.4 Å². The number of halogens is 2. The predicted octanol–water partition coefficient (Wildman–Crippen LogP) is 3.56. The van der Waals surface area contributed by atoms with Crippen molar-refractivity contribution in [3.8, 4) is 0 Å². The molecule has 2 unspecified atom stereocenters. The Bertz CT molecular complexity index is 389. The van der Waals surface area contributed by atoms with Gasteiger partial charge in [0, 0.05) is 16.7 Å². The highest BCUT2D eigenvalue weighted by Gasteiger charge is 2.37. The predicted molar refractivity (Wildman–Crippen MR) is 67.0 cm³/mol. The average molecular weight is 260 g/mol. The molecule has 1 aromatic rings. The highest BCUT2D eigenvalue weighted by atomic mass is 35.5. The monoisotopic (exact) mass is 259 g/mol. The second kappa shape index (κ2) is 4.53. The summed E-state index contributed by atoms with van der Waals surface area (Å²) in [5, 5.41) is 1.23. The molecule has 1 aromatic carbocycles. The number of hydrogen-bond acceptors (Lipinski definition) is 2. The van der Waals surface area contributed by atoms with Gasteiger partial charge in [-0.3, -0.25) is 0 Å². The van der Waals surface area contributed by atoms with Crippen molar-refractivity contribution in [1.82, 2.24) is 0 Å². The summed E-state index contributed by atoms with van der Waals surface area (Å²) in [6.07, 6.45) is 2.02. The maximum atomic E-state index is 6.23. The first-order valence-electron chi connectivity index (χ1n) is 5.37. The Morgan fingerprint density at radius 2 is 2.19 bits per heavy atom. The van der Waals surface area contributed by atoms with Crippen LogP contribution >= 0.6 is 23.2 Å². The van der Waals surface area contributed by atoms with Gasteiger partial charge in [0.15, 0.2) is 0 Å². The quantitative estimate of drug-likeness (QED) is 0.882. The lowest BCUT2D eigenvalue weighted by molar-refractivity contribution is -0.00171. The van der Waals surface area contributed by atoms with E-state index in [-0.39, 0.29) is 11.6 Å². The van der Waals surface area contributed by atoms with Gasteiger partial charge in [0.25, 0.3) is 0 Å². The van der Waals surface area contributed by atoms with Crippen LogP contribution in [0.5, 0.6) is 0 Å². The first-order valence-corrected chi connectivity index (χ1v) is 6.13. The van der Waals surface area contributed by atoms with E-state index < -0.39 is 0 Å². The first-order chi connectivity index (χ1) is 7.53. The van der Waals surface area contributed by atoms with Gasteiger partial charge in [-0.15, -0.1) is 0 Å². The van der Waals surface area contributed by atoms with Crippen molar-refractivity contribution in [3.05, 3.63) is 33.8 Å². The van der Waals surface area contributed by atoms with E-state index in [1.165, 1.54) is 0 Å². The molecule has 0 aromatic heterocycles. The van der Waals surface area contributed by atoms with E-state index in [9.17, 15) is 0 Å². The summed E-state index contributed by atoms with van der Waals surface area (Å²) < 4.78 is 5.73.